The molecule has 0 spiro atoms. The highest BCUT2D eigenvalue weighted by Crippen LogP contribution is 2.32. The summed E-state index contributed by atoms with van der Waals surface area (Å²) >= 11 is 1.73. The van der Waals surface area contributed by atoms with Crippen LogP contribution in [0.5, 0.6) is 0 Å². The summed E-state index contributed by atoms with van der Waals surface area (Å²) in [7, 11) is 0. The average molecular weight is 354 g/mol. The quantitative estimate of drug-likeness (QED) is 0.792. The lowest BCUT2D eigenvalue weighted by Gasteiger charge is -2.31. The number of hydrogen-bond donors (Lipinski definition) is 1. The van der Waals surface area contributed by atoms with Crippen molar-refractivity contribution in [1.82, 2.24) is 4.90 Å². The number of nitrogens with one attached hydrogen (secondary N) is 1. The Balaban J connectivity index is 1.54. The van der Waals surface area contributed by atoms with Crippen molar-refractivity contribution in [2.45, 2.75) is 24.9 Å². The molecule has 1 aliphatic heterocycles. The van der Waals surface area contributed by atoms with Gasteiger partial charge >= 0.3 is 12.2 Å². The van der Waals surface area contributed by atoms with Crippen LogP contribution in [0.2, 0.25) is 0 Å². The summed E-state index contributed by atoms with van der Waals surface area (Å²) in [5, 5.41) is 4.72. The summed E-state index contributed by atoms with van der Waals surface area (Å²) in [4.78, 5) is 15.3. The van der Waals surface area contributed by atoms with Crippen LogP contribution in [0.25, 0.3) is 0 Å². The largest absolute Gasteiger partial charge is 0.416 e. The van der Waals surface area contributed by atoms with Crippen LogP contribution in [-0.4, -0.2) is 24.0 Å². The zero-order valence-corrected chi connectivity index (χ0v) is 13.7. The summed E-state index contributed by atoms with van der Waals surface area (Å²) in [5.74, 6) is 0.486. The summed E-state index contributed by atoms with van der Waals surface area (Å²) in [6.07, 6.45) is -2.56. The summed E-state index contributed by atoms with van der Waals surface area (Å²) < 4.78 is 37.6. The molecule has 1 saturated heterocycles. The Bertz CT molecular complexity index is 675. The third kappa shape index (κ3) is 3.90. The van der Waals surface area contributed by atoms with Gasteiger partial charge in [-0.2, -0.15) is 13.2 Å². The van der Waals surface area contributed by atoms with Crippen LogP contribution in [0.4, 0.5) is 23.7 Å². The first-order valence-electron chi connectivity index (χ1n) is 7.70. The van der Waals surface area contributed by atoms with Crippen molar-refractivity contribution in [3.8, 4) is 0 Å². The Morgan fingerprint density at radius 1 is 1.12 bits per heavy atom. The monoisotopic (exact) mass is 354 g/mol. The Morgan fingerprint density at radius 3 is 2.33 bits per heavy atom. The number of rotatable bonds is 2. The van der Waals surface area contributed by atoms with Crippen LogP contribution >= 0.6 is 11.3 Å². The summed E-state index contributed by atoms with van der Waals surface area (Å²) in [5.41, 5.74) is -0.356. The average Bonchev–Trinajstić information content (AvgIpc) is 3.09. The molecule has 7 heteroatoms. The Morgan fingerprint density at radius 2 is 1.79 bits per heavy atom. The highest BCUT2D eigenvalue weighted by Gasteiger charge is 2.30. The first-order chi connectivity index (χ1) is 11.4. The number of amides is 2. The predicted octanol–water partition coefficient (Wildman–Crippen LogP) is 5.18. The van der Waals surface area contributed by atoms with E-state index in [1.165, 1.54) is 17.0 Å². The maximum absolute atomic E-state index is 12.5. The third-order valence-corrected chi connectivity index (χ3v) is 5.23. The van der Waals surface area contributed by atoms with Crippen molar-refractivity contribution in [2.75, 3.05) is 18.4 Å². The second-order valence-electron chi connectivity index (χ2n) is 5.78. The fourth-order valence-electron chi connectivity index (χ4n) is 2.84. The molecule has 1 aromatic carbocycles. The molecule has 2 amide bonds. The number of thiophene rings is 1. The maximum atomic E-state index is 12.5. The zero-order valence-electron chi connectivity index (χ0n) is 12.8. The van der Waals surface area contributed by atoms with Crippen molar-refractivity contribution in [3.63, 3.8) is 0 Å². The van der Waals surface area contributed by atoms with E-state index in [-0.39, 0.29) is 6.03 Å². The highest BCUT2D eigenvalue weighted by molar-refractivity contribution is 7.10. The van der Waals surface area contributed by atoms with Crippen LogP contribution in [0.1, 0.15) is 29.2 Å². The summed E-state index contributed by atoms with van der Waals surface area (Å²) in [6.45, 7) is 1.30. The molecule has 2 aromatic rings. The third-order valence-electron chi connectivity index (χ3n) is 4.19. The van der Waals surface area contributed by atoms with Gasteiger partial charge in [0.2, 0.25) is 0 Å². The van der Waals surface area contributed by atoms with Gasteiger partial charge in [-0.05, 0) is 54.5 Å². The minimum absolute atomic E-state index is 0.264. The highest BCUT2D eigenvalue weighted by atomic mass is 32.1. The molecule has 1 N–H and O–H groups in total. The standard InChI is InChI=1S/C17H17F3N2OS/c18-17(19,20)13-3-5-14(6-4-13)21-16(23)22-9-7-12(8-10-22)15-2-1-11-24-15/h1-6,11-12H,7-10H2,(H,21,23). The van der Waals surface area contributed by atoms with E-state index in [2.05, 4.69) is 16.8 Å². The van der Waals surface area contributed by atoms with Crippen LogP contribution in [0, 0.1) is 0 Å². The summed E-state index contributed by atoms with van der Waals surface area (Å²) in [6, 6.07) is 8.38. The fraction of sp³-hybridized carbons (Fsp3) is 0.353. The number of piperidine rings is 1. The maximum Gasteiger partial charge on any atom is 0.416 e. The molecule has 3 nitrogen and oxygen atoms in total. The lowest BCUT2D eigenvalue weighted by molar-refractivity contribution is -0.137. The number of likely N-dealkylation sites (tertiary alicyclic amines) is 1. The lowest BCUT2D eigenvalue weighted by Crippen LogP contribution is -2.40. The molecule has 0 atom stereocenters. The van der Waals surface area contributed by atoms with Gasteiger partial charge in [-0.1, -0.05) is 6.07 Å². The molecule has 1 aromatic heterocycles. The topological polar surface area (TPSA) is 32.3 Å². The second kappa shape index (κ2) is 6.84. The first-order valence-corrected chi connectivity index (χ1v) is 8.58. The molecule has 0 bridgehead atoms. The molecule has 0 radical (unpaired) electrons. The SMILES string of the molecule is O=C(Nc1ccc(C(F)(F)F)cc1)N1CCC(c2cccs2)CC1. The van der Waals surface area contributed by atoms with Gasteiger partial charge in [0.25, 0.3) is 0 Å². The molecule has 0 unspecified atom stereocenters. The van der Waals surface area contributed by atoms with Gasteiger partial charge in [0.15, 0.2) is 0 Å². The number of carbonyl (C=O) groups excluding carboxylic acids is 1. The molecular weight excluding hydrogens is 337 g/mol. The minimum atomic E-state index is -4.37. The molecule has 2 heterocycles. The molecule has 0 saturated carbocycles. The number of anilines is 1. The zero-order chi connectivity index (χ0) is 17.2. The van der Waals surface area contributed by atoms with Crippen LogP contribution in [0.3, 0.4) is 0 Å². The molecule has 1 fully saturated rings. The van der Waals surface area contributed by atoms with E-state index >= 15 is 0 Å². The van der Waals surface area contributed by atoms with Gasteiger partial charge < -0.3 is 10.2 Å². The Labute approximate surface area is 142 Å². The first kappa shape index (κ1) is 16.8. The number of urea groups is 1. The van der Waals surface area contributed by atoms with Crippen LogP contribution < -0.4 is 5.32 Å². The van der Waals surface area contributed by atoms with Crippen molar-refractivity contribution in [1.29, 1.82) is 0 Å². The number of alkyl halides is 3. The lowest BCUT2D eigenvalue weighted by atomic mass is 9.95. The van der Waals surface area contributed by atoms with Gasteiger partial charge in [0, 0.05) is 23.7 Å². The normalized spacial score (nSPS) is 16.2. The van der Waals surface area contributed by atoms with Crippen molar-refractivity contribution in [2.24, 2.45) is 0 Å². The minimum Gasteiger partial charge on any atom is -0.324 e. The Kier molecular flexibility index (Phi) is 4.80. The van der Waals surface area contributed by atoms with Crippen molar-refractivity contribution >= 4 is 23.1 Å². The second-order valence-corrected chi connectivity index (χ2v) is 6.76. The van der Waals surface area contributed by atoms with Crippen molar-refractivity contribution in [3.05, 3.63) is 52.2 Å². The predicted molar refractivity (Wildman–Crippen MR) is 88.3 cm³/mol. The molecule has 0 aliphatic carbocycles. The van der Waals surface area contributed by atoms with Gasteiger partial charge in [-0.15, -0.1) is 11.3 Å². The number of hydrogen-bond acceptors (Lipinski definition) is 2. The molecule has 128 valence electrons. The smallest absolute Gasteiger partial charge is 0.324 e. The molecule has 3 rings (SSSR count). The number of carbonyl (C=O) groups is 1. The van der Waals surface area contributed by atoms with E-state index < -0.39 is 11.7 Å². The van der Waals surface area contributed by atoms with E-state index in [4.69, 9.17) is 0 Å². The van der Waals surface area contributed by atoms with Gasteiger partial charge in [0.1, 0.15) is 0 Å². The number of nitrogens with zero attached hydrogens (tertiary/aromatic N) is 1. The number of halogens is 3. The van der Waals surface area contributed by atoms with E-state index in [1.807, 2.05) is 6.07 Å². The Hall–Kier alpha value is -2.02. The molecular formula is C17H17F3N2OS. The fourth-order valence-corrected chi connectivity index (χ4v) is 3.74. The van der Waals surface area contributed by atoms with Gasteiger partial charge in [-0.25, -0.2) is 4.79 Å². The van der Waals surface area contributed by atoms with Gasteiger partial charge in [0.05, 0.1) is 5.56 Å². The van der Waals surface area contributed by atoms with E-state index in [1.54, 1.807) is 16.2 Å². The molecule has 24 heavy (non-hydrogen) atoms. The van der Waals surface area contributed by atoms with E-state index in [9.17, 15) is 18.0 Å². The number of benzene rings is 1. The van der Waals surface area contributed by atoms with Crippen LogP contribution in [-0.2, 0) is 6.18 Å². The van der Waals surface area contributed by atoms with Crippen LogP contribution in [0.15, 0.2) is 41.8 Å². The van der Waals surface area contributed by atoms with Crippen molar-refractivity contribution < 1.29 is 18.0 Å². The molecule has 1 aliphatic rings. The van der Waals surface area contributed by atoms with E-state index in [0.717, 1.165) is 25.0 Å². The van der Waals surface area contributed by atoms with E-state index in [0.29, 0.717) is 24.7 Å². The van der Waals surface area contributed by atoms with Gasteiger partial charge in [-0.3, -0.25) is 0 Å².